The van der Waals surface area contributed by atoms with E-state index >= 15 is 0 Å². The van der Waals surface area contributed by atoms with Gasteiger partial charge in [-0.3, -0.25) is 4.90 Å². The lowest BCUT2D eigenvalue weighted by atomic mass is 10.0. The van der Waals surface area contributed by atoms with E-state index < -0.39 is 0 Å². The first-order chi connectivity index (χ1) is 14.3. The molecular formula is C28H25N. The van der Waals surface area contributed by atoms with Crippen LogP contribution in [-0.4, -0.2) is 11.9 Å². The summed E-state index contributed by atoms with van der Waals surface area (Å²) >= 11 is 0. The molecule has 0 spiro atoms. The zero-order valence-electron chi connectivity index (χ0n) is 16.8. The predicted molar refractivity (Wildman–Crippen MR) is 122 cm³/mol. The van der Waals surface area contributed by atoms with Crippen LogP contribution in [0.2, 0.25) is 0 Å². The maximum Gasteiger partial charge on any atom is 0.0237 e. The summed E-state index contributed by atoms with van der Waals surface area (Å²) in [4.78, 5) is 2.41. The van der Waals surface area contributed by atoms with Crippen LogP contribution in [0, 0.1) is 0 Å². The monoisotopic (exact) mass is 375 g/mol. The van der Waals surface area contributed by atoms with Crippen LogP contribution in [0.3, 0.4) is 0 Å². The van der Waals surface area contributed by atoms with E-state index in [4.69, 9.17) is 0 Å². The van der Waals surface area contributed by atoms with Crippen LogP contribution in [0.25, 0.3) is 22.3 Å². The third kappa shape index (κ3) is 3.62. The van der Waals surface area contributed by atoms with Crippen LogP contribution < -0.4 is 0 Å². The zero-order valence-corrected chi connectivity index (χ0v) is 16.8. The summed E-state index contributed by atoms with van der Waals surface area (Å²) in [5.41, 5.74) is 11.1. The maximum atomic E-state index is 2.41. The third-order valence-electron chi connectivity index (χ3n) is 5.90. The van der Waals surface area contributed by atoms with Gasteiger partial charge in [-0.15, -0.1) is 0 Å². The van der Waals surface area contributed by atoms with Gasteiger partial charge in [0.2, 0.25) is 0 Å². The normalized spacial score (nSPS) is 12.1. The second kappa shape index (κ2) is 7.69. The third-order valence-corrected chi connectivity index (χ3v) is 5.90. The highest BCUT2D eigenvalue weighted by Gasteiger charge is 2.20. The topological polar surface area (TPSA) is 3.24 Å². The van der Waals surface area contributed by atoms with Crippen molar-refractivity contribution >= 4 is 0 Å². The van der Waals surface area contributed by atoms with E-state index in [1.165, 1.54) is 44.5 Å². The number of rotatable bonds is 5. The van der Waals surface area contributed by atoms with Crippen LogP contribution in [0.4, 0.5) is 0 Å². The number of nitrogens with zero attached hydrogens (tertiary/aromatic N) is 1. The molecule has 1 heteroatoms. The zero-order chi connectivity index (χ0) is 19.6. The van der Waals surface area contributed by atoms with Gasteiger partial charge in [-0.2, -0.15) is 0 Å². The highest BCUT2D eigenvalue weighted by atomic mass is 15.1. The largest absolute Gasteiger partial charge is 0.298 e. The Hall–Kier alpha value is -3.16. The molecule has 0 amide bonds. The van der Waals surface area contributed by atoms with Crippen LogP contribution in [0.5, 0.6) is 0 Å². The van der Waals surface area contributed by atoms with Gasteiger partial charge in [-0.25, -0.2) is 0 Å². The van der Waals surface area contributed by atoms with E-state index in [-0.39, 0.29) is 0 Å². The van der Waals surface area contributed by atoms with Gasteiger partial charge in [-0.1, -0.05) is 97.1 Å². The molecule has 0 radical (unpaired) electrons. The van der Waals surface area contributed by atoms with Gasteiger partial charge >= 0.3 is 0 Å². The molecule has 0 saturated carbocycles. The Bertz CT molecular complexity index is 1130. The summed E-state index contributed by atoms with van der Waals surface area (Å²) in [5, 5.41) is 0. The number of fused-ring (bicyclic) bond motifs is 3. The quantitative estimate of drug-likeness (QED) is 0.336. The van der Waals surface area contributed by atoms with Crippen LogP contribution in [-0.2, 0) is 19.5 Å². The van der Waals surface area contributed by atoms with Crippen molar-refractivity contribution in [3.63, 3.8) is 0 Å². The molecule has 29 heavy (non-hydrogen) atoms. The summed E-state index contributed by atoms with van der Waals surface area (Å²) in [6, 6.07) is 35.1. The van der Waals surface area contributed by atoms with Crippen molar-refractivity contribution in [3.05, 3.63) is 119 Å². The second-order valence-electron chi connectivity index (χ2n) is 8.01. The molecule has 0 unspecified atom stereocenters. The lowest BCUT2D eigenvalue weighted by Gasteiger charge is -2.19. The number of hydrogen-bond donors (Lipinski definition) is 0. The van der Waals surface area contributed by atoms with Crippen molar-refractivity contribution in [3.8, 4) is 22.3 Å². The minimum absolute atomic E-state index is 0.950. The van der Waals surface area contributed by atoms with Crippen molar-refractivity contribution in [1.29, 1.82) is 0 Å². The summed E-state index contributed by atoms with van der Waals surface area (Å²) in [6.45, 7) is 1.92. The smallest absolute Gasteiger partial charge is 0.0237 e. The van der Waals surface area contributed by atoms with Crippen molar-refractivity contribution in [2.24, 2.45) is 0 Å². The Morgan fingerprint density at radius 2 is 1.31 bits per heavy atom. The van der Waals surface area contributed by atoms with Gasteiger partial charge in [0.25, 0.3) is 0 Å². The first-order valence-corrected chi connectivity index (χ1v) is 10.3. The molecule has 1 aliphatic rings. The molecule has 0 aliphatic heterocycles. The molecule has 0 N–H and O–H groups in total. The highest BCUT2D eigenvalue weighted by Crippen LogP contribution is 2.38. The summed E-state index contributed by atoms with van der Waals surface area (Å²) in [7, 11) is 2.21. The minimum atomic E-state index is 0.950. The van der Waals surface area contributed by atoms with Crippen molar-refractivity contribution in [1.82, 2.24) is 4.90 Å². The van der Waals surface area contributed by atoms with Gasteiger partial charge in [0, 0.05) is 13.1 Å². The van der Waals surface area contributed by atoms with E-state index in [0.717, 1.165) is 19.5 Å². The van der Waals surface area contributed by atoms with Gasteiger partial charge in [0.05, 0.1) is 0 Å². The van der Waals surface area contributed by atoms with Crippen LogP contribution in [0.15, 0.2) is 97.1 Å². The Labute approximate surface area is 173 Å². The minimum Gasteiger partial charge on any atom is -0.298 e. The number of hydrogen-bond acceptors (Lipinski definition) is 1. The molecule has 1 aliphatic carbocycles. The SMILES string of the molecule is CN(Cc1ccc(-c2ccccc2)cc1)Cc1cccc2c1Cc1ccccc1-2. The van der Waals surface area contributed by atoms with E-state index in [9.17, 15) is 0 Å². The molecule has 0 saturated heterocycles. The van der Waals surface area contributed by atoms with Gasteiger partial charge in [-0.05, 0) is 58.0 Å². The first kappa shape index (κ1) is 17.9. The van der Waals surface area contributed by atoms with Crippen LogP contribution in [0.1, 0.15) is 22.3 Å². The average molecular weight is 376 g/mol. The van der Waals surface area contributed by atoms with E-state index in [2.05, 4.69) is 109 Å². The second-order valence-corrected chi connectivity index (χ2v) is 8.01. The molecule has 0 heterocycles. The van der Waals surface area contributed by atoms with Gasteiger partial charge < -0.3 is 0 Å². The Kier molecular flexibility index (Phi) is 4.75. The van der Waals surface area contributed by atoms with Crippen LogP contribution >= 0.6 is 0 Å². The number of benzene rings is 4. The van der Waals surface area contributed by atoms with Gasteiger partial charge in [0.1, 0.15) is 0 Å². The molecule has 1 nitrogen and oxygen atoms in total. The van der Waals surface area contributed by atoms with Crippen molar-refractivity contribution in [2.45, 2.75) is 19.5 Å². The first-order valence-electron chi connectivity index (χ1n) is 10.3. The molecule has 0 aromatic heterocycles. The fraction of sp³-hybridized carbons (Fsp3) is 0.143. The summed E-state index contributed by atoms with van der Waals surface area (Å²) in [6.07, 6.45) is 1.06. The molecule has 4 aromatic rings. The molecule has 0 fully saturated rings. The van der Waals surface area contributed by atoms with Crippen molar-refractivity contribution in [2.75, 3.05) is 7.05 Å². The summed E-state index contributed by atoms with van der Waals surface area (Å²) < 4.78 is 0. The van der Waals surface area contributed by atoms with E-state index in [1.807, 2.05) is 0 Å². The lowest BCUT2D eigenvalue weighted by molar-refractivity contribution is 0.318. The van der Waals surface area contributed by atoms with Gasteiger partial charge in [0.15, 0.2) is 0 Å². The average Bonchev–Trinajstić information content (AvgIpc) is 3.15. The van der Waals surface area contributed by atoms with Crippen molar-refractivity contribution < 1.29 is 0 Å². The fourth-order valence-corrected chi connectivity index (χ4v) is 4.46. The molecular weight excluding hydrogens is 350 g/mol. The predicted octanol–water partition coefficient (Wildman–Crippen LogP) is 6.56. The van der Waals surface area contributed by atoms with E-state index in [1.54, 1.807) is 0 Å². The molecule has 5 rings (SSSR count). The molecule has 0 bridgehead atoms. The molecule has 0 atom stereocenters. The Morgan fingerprint density at radius 1 is 0.621 bits per heavy atom. The Balaban J connectivity index is 1.30. The fourth-order valence-electron chi connectivity index (χ4n) is 4.46. The lowest BCUT2D eigenvalue weighted by Crippen LogP contribution is -2.18. The highest BCUT2D eigenvalue weighted by molar-refractivity contribution is 5.77. The standard InChI is InChI=1S/C28H25N/c1-29(19-21-14-16-23(17-15-21)22-8-3-2-4-9-22)20-25-11-7-13-27-26-12-6-5-10-24(26)18-28(25)27/h2-17H,18-20H2,1H3. The maximum absolute atomic E-state index is 2.41. The molecule has 142 valence electrons. The molecule has 4 aromatic carbocycles. The van der Waals surface area contributed by atoms with E-state index in [0.29, 0.717) is 0 Å². The Morgan fingerprint density at radius 3 is 2.14 bits per heavy atom. The summed E-state index contributed by atoms with van der Waals surface area (Å²) in [5.74, 6) is 0.